The second-order valence-corrected chi connectivity index (χ2v) is 3.94. The third-order valence-electron chi connectivity index (χ3n) is 2.51. The Bertz CT molecular complexity index is 623. The molecule has 1 heterocycles. The van der Waals surface area contributed by atoms with Crippen LogP contribution in [0.1, 0.15) is 11.3 Å². The van der Waals surface area contributed by atoms with Gasteiger partial charge in [-0.15, -0.1) is 0 Å². The maximum absolute atomic E-state index is 13.1. The SMILES string of the molecule is COc1nc(C)cc(=O)n1Cc1cccc(F)c1. The number of rotatable bonds is 3. The number of benzene rings is 1. The molecule has 0 fully saturated rings. The highest BCUT2D eigenvalue weighted by Crippen LogP contribution is 2.10. The van der Waals surface area contributed by atoms with E-state index in [1.807, 2.05) is 0 Å². The molecule has 5 heteroatoms. The molecule has 0 aliphatic heterocycles. The molecule has 0 bridgehead atoms. The van der Waals surface area contributed by atoms with Crippen LogP contribution in [-0.2, 0) is 6.54 Å². The molecule has 0 amide bonds. The zero-order valence-corrected chi connectivity index (χ0v) is 10.2. The zero-order chi connectivity index (χ0) is 13.1. The Labute approximate surface area is 104 Å². The highest BCUT2D eigenvalue weighted by Gasteiger charge is 2.08. The third kappa shape index (κ3) is 2.56. The molecule has 1 aromatic heterocycles. The van der Waals surface area contributed by atoms with Gasteiger partial charge in [0, 0.05) is 11.8 Å². The topological polar surface area (TPSA) is 44.1 Å². The number of methoxy groups -OCH3 is 1. The summed E-state index contributed by atoms with van der Waals surface area (Å²) in [7, 11) is 1.45. The summed E-state index contributed by atoms with van der Waals surface area (Å²) < 4.78 is 19.5. The van der Waals surface area contributed by atoms with Gasteiger partial charge in [0.2, 0.25) is 0 Å². The quantitative estimate of drug-likeness (QED) is 0.831. The van der Waals surface area contributed by atoms with Crippen molar-refractivity contribution in [3.63, 3.8) is 0 Å². The standard InChI is InChI=1S/C13H13FN2O2/c1-9-6-12(17)16(13(15-9)18-2)8-10-4-3-5-11(14)7-10/h3-7H,8H2,1-2H3. The first kappa shape index (κ1) is 12.3. The lowest BCUT2D eigenvalue weighted by Gasteiger charge is -2.10. The van der Waals surface area contributed by atoms with Gasteiger partial charge in [0.15, 0.2) is 0 Å². The number of ether oxygens (including phenoxy) is 1. The second kappa shape index (κ2) is 5.00. The van der Waals surface area contributed by atoms with E-state index in [1.54, 1.807) is 19.1 Å². The van der Waals surface area contributed by atoms with Crippen LogP contribution >= 0.6 is 0 Å². The summed E-state index contributed by atoms with van der Waals surface area (Å²) in [5.74, 6) is -0.334. The van der Waals surface area contributed by atoms with Gasteiger partial charge in [0.05, 0.1) is 13.7 Å². The molecule has 0 N–H and O–H groups in total. The minimum atomic E-state index is -0.334. The van der Waals surface area contributed by atoms with Crippen LogP contribution < -0.4 is 10.3 Å². The maximum Gasteiger partial charge on any atom is 0.299 e. The molecule has 4 nitrogen and oxygen atoms in total. The number of aromatic nitrogens is 2. The fourth-order valence-electron chi connectivity index (χ4n) is 1.71. The second-order valence-electron chi connectivity index (χ2n) is 3.94. The van der Waals surface area contributed by atoms with Gasteiger partial charge in [-0.3, -0.25) is 9.36 Å². The monoisotopic (exact) mass is 248 g/mol. The molecule has 2 aromatic rings. The Morgan fingerprint density at radius 2 is 2.17 bits per heavy atom. The highest BCUT2D eigenvalue weighted by atomic mass is 19.1. The summed E-state index contributed by atoms with van der Waals surface area (Å²) in [6.45, 7) is 1.95. The fraction of sp³-hybridized carbons (Fsp3) is 0.231. The molecule has 94 valence electrons. The number of hydrogen-bond acceptors (Lipinski definition) is 3. The fourth-order valence-corrected chi connectivity index (χ4v) is 1.71. The summed E-state index contributed by atoms with van der Waals surface area (Å²) in [6.07, 6.45) is 0. The first-order valence-corrected chi connectivity index (χ1v) is 5.47. The first-order chi connectivity index (χ1) is 8.60. The van der Waals surface area contributed by atoms with Crippen molar-refractivity contribution >= 4 is 0 Å². The molecular formula is C13H13FN2O2. The molecule has 0 aliphatic rings. The Hall–Kier alpha value is -2.17. The Kier molecular flexibility index (Phi) is 3.41. The molecule has 0 atom stereocenters. The summed E-state index contributed by atoms with van der Waals surface area (Å²) in [5.41, 5.74) is 1.05. The first-order valence-electron chi connectivity index (χ1n) is 5.47. The molecule has 0 unspecified atom stereocenters. The van der Waals surface area contributed by atoms with Crippen molar-refractivity contribution in [3.8, 4) is 6.01 Å². The lowest BCUT2D eigenvalue weighted by Crippen LogP contribution is -2.23. The van der Waals surface area contributed by atoms with Crippen molar-refractivity contribution in [2.75, 3.05) is 7.11 Å². The van der Waals surface area contributed by atoms with E-state index in [0.29, 0.717) is 11.3 Å². The molecule has 0 aliphatic carbocycles. The maximum atomic E-state index is 13.1. The van der Waals surface area contributed by atoms with Gasteiger partial charge in [-0.1, -0.05) is 12.1 Å². The Balaban J connectivity index is 2.43. The van der Waals surface area contributed by atoms with E-state index in [-0.39, 0.29) is 23.9 Å². The van der Waals surface area contributed by atoms with Gasteiger partial charge in [-0.05, 0) is 24.6 Å². The molecule has 2 rings (SSSR count). The minimum absolute atomic E-state index is 0.219. The van der Waals surface area contributed by atoms with Crippen LogP contribution in [0.2, 0.25) is 0 Å². The summed E-state index contributed by atoms with van der Waals surface area (Å²) in [5, 5.41) is 0. The molecular weight excluding hydrogens is 235 g/mol. The number of aryl methyl sites for hydroxylation is 1. The predicted molar refractivity (Wildman–Crippen MR) is 65.3 cm³/mol. The predicted octanol–water partition coefficient (Wildman–Crippen LogP) is 1.75. The van der Waals surface area contributed by atoms with Crippen LogP contribution in [-0.4, -0.2) is 16.7 Å². The average molecular weight is 248 g/mol. The van der Waals surface area contributed by atoms with Crippen molar-refractivity contribution in [3.05, 3.63) is 57.8 Å². The van der Waals surface area contributed by atoms with Gasteiger partial charge in [-0.25, -0.2) is 9.37 Å². The Morgan fingerprint density at radius 3 is 2.83 bits per heavy atom. The van der Waals surface area contributed by atoms with Crippen LogP contribution in [0.25, 0.3) is 0 Å². The van der Waals surface area contributed by atoms with Crippen molar-refractivity contribution in [1.29, 1.82) is 0 Å². The van der Waals surface area contributed by atoms with Crippen LogP contribution in [0.3, 0.4) is 0 Å². The van der Waals surface area contributed by atoms with E-state index in [1.165, 1.54) is 29.9 Å². The molecule has 1 aromatic carbocycles. The highest BCUT2D eigenvalue weighted by molar-refractivity contribution is 5.18. The van der Waals surface area contributed by atoms with E-state index in [2.05, 4.69) is 4.98 Å². The van der Waals surface area contributed by atoms with E-state index in [0.717, 1.165) is 0 Å². The minimum Gasteiger partial charge on any atom is -0.468 e. The summed E-state index contributed by atoms with van der Waals surface area (Å²) in [4.78, 5) is 16.0. The number of nitrogens with zero attached hydrogens (tertiary/aromatic N) is 2. The molecule has 0 spiro atoms. The van der Waals surface area contributed by atoms with Crippen LogP contribution in [0, 0.1) is 12.7 Å². The van der Waals surface area contributed by atoms with Gasteiger partial charge < -0.3 is 4.74 Å². The van der Waals surface area contributed by atoms with Crippen LogP contribution in [0.5, 0.6) is 6.01 Å². The van der Waals surface area contributed by atoms with E-state index in [9.17, 15) is 9.18 Å². The van der Waals surface area contributed by atoms with E-state index < -0.39 is 0 Å². The molecule has 0 radical (unpaired) electrons. The van der Waals surface area contributed by atoms with Gasteiger partial charge in [-0.2, -0.15) is 0 Å². The molecule has 0 saturated heterocycles. The van der Waals surface area contributed by atoms with Crippen molar-refractivity contribution < 1.29 is 9.13 Å². The number of halogens is 1. The van der Waals surface area contributed by atoms with Crippen molar-refractivity contribution in [2.24, 2.45) is 0 Å². The lowest BCUT2D eigenvalue weighted by atomic mass is 10.2. The smallest absolute Gasteiger partial charge is 0.299 e. The van der Waals surface area contributed by atoms with Gasteiger partial charge in [0.1, 0.15) is 5.82 Å². The normalized spacial score (nSPS) is 10.4. The number of hydrogen-bond donors (Lipinski definition) is 0. The lowest BCUT2D eigenvalue weighted by molar-refractivity contribution is 0.349. The van der Waals surface area contributed by atoms with Crippen LogP contribution in [0.4, 0.5) is 4.39 Å². The third-order valence-corrected chi connectivity index (χ3v) is 2.51. The van der Waals surface area contributed by atoms with Crippen molar-refractivity contribution in [1.82, 2.24) is 9.55 Å². The molecule has 18 heavy (non-hydrogen) atoms. The van der Waals surface area contributed by atoms with Crippen LogP contribution in [0.15, 0.2) is 35.1 Å². The van der Waals surface area contributed by atoms with Gasteiger partial charge >= 0.3 is 0 Å². The Morgan fingerprint density at radius 1 is 1.39 bits per heavy atom. The van der Waals surface area contributed by atoms with Crippen molar-refractivity contribution in [2.45, 2.75) is 13.5 Å². The average Bonchev–Trinajstić information content (AvgIpc) is 2.32. The van der Waals surface area contributed by atoms with E-state index >= 15 is 0 Å². The summed E-state index contributed by atoms with van der Waals surface area (Å²) in [6, 6.07) is 7.73. The summed E-state index contributed by atoms with van der Waals surface area (Å²) >= 11 is 0. The molecule has 0 saturated carbocycles. The largest absolute Gasteiger partial charge is 0.468 e. The zero-order valence-electron chi connectivity index (χ0n) is 10.2. The van der Waals surface area contributed by atoms with Gasteiger partial charge in [0.25, 0.3) is 11.6 Å². The van der Waals surface area contributed by atoms with E-state index in [4.69, 9.17) is 4.74 Å².